The maximum absolute atomic E-state index is 13.0. The van der Waals surface area contributed by atoms with Gasteiger partial charge in [-0.15, -0.1) is 0 Å². The normalized spacial score (nSPS) is 14.4. The number of aryl methyl sites for hydroxylation is 1. The lowest BCUT2D eigenvalue weighted by Crippen LogP contribution is -2.49. The van der Waals surface area contributed by atoms with Crippen molar-refractivity contribution in [2.24, 2.45) is 0 Å². The first kappa shape index (κ1) is 24.4. The second-order valence-corrected chi connectivity index (χ2v) is 7.39. The first-order valence-corrected chi connectivity index (χ1v) is 10.6. The number of nitrogens with zero attached hydrogens (tertiary/aromatic N) is 5. The van der Waals surface area contributed by atoms with Crippen LogP contribution in [0.2, 0.25) is 0 Å². The summed E-state index contributed by atoms with van der Waals surface area (Å²) >= 11 is 0. The number of amides is 1. The Morgan fingerprint density at radius 1 is 1.15 bits per heavy atom. The minimum atomic E-state index is -4.80. The smallest absolute Gasteiger partial charge is 0.381 e. The number of carbonyl (C=O) groups excluding carboxylic acids is 1. The van der Waals surface area contributed by atoms with Crippen LogP contribution in [0.1, 0.15) is 24.5 Å². The molecular weight excluding hydrogens is 443 g/mol. The zero-order valence-corrected chi connectivity index (χ0v) is 18.2. The van der Waals surface area contributed by atoms with E-state index in [9.17, 15) is 22.8 Å². The Balaban J connectivity index is 1.35. The monoisotopic (exact) mass is 469 g/mol. The SMILES string of the molecule is CCc1cnc(N2CCN(C(=O)CCOCCNc3cn[nH]c(=O)c3C(F)(F)F)CC2)nc1. The standard InChI is InChI=1S/C20H26F3N7O3/c1-2-14-11-25-19(26-12-14)30-7-5-29(6-8-30)16(31)3-9-33-10-4-24-15-13-27-28-18(32)17(15)20(21,22)23/h11-13H,2-10H2,1H3,(H2,24,28,32). The Hall–Kier alpha value is -3.22. The second kappa shape index (κ2) is 11.1. The van der Waals surface area contributed by atoms with Gasteiger partial charge in [-0.1, -0.05) is 6.92 Å². The molecule has 3 heterocycles. The van der Waals surface area contributed by atoms with Gasteiger partial charge in [-0.25, -0.2) is 15.1 Å². The molecule has 2 aromatic rings. The minimum absolute atomic E-state index is 0.0257. The van der Waals surface area contributed by atoms with E-state index in [2.05, 4.69) is 20.4 Å². The summed E-state index contributed by atoms with van der Waals surface area (Å²) in [4.78, 5) is 36.3. The number of hydrogen-bond donors (Lipinski definition) is 2. The molecule has 0 unspecified atom stereocenters. The maximum atomic E-state index is 13.0. The van der Waals surface area contributed by atoms with Crippen molar-refractivity contribution in [2.45, 2.75) is 25.9 Å². The highest BCUT2D eigenvalue weighted by molar-refractivity contribution is 5.76. The van der Waals surface area contributed by atoms with Crippen LogP contribution in [-0.4, -0.2) is 76.9 Å². The van der Waals surface area contributed by atoms with Crippen molar-refractivity contribution in [1.82, 2.24) is 25.1 Å². The number of halogens is 3. The Bertz CT molecular complexity index is 974. The molecule has 0 bridgehead atoms. The highest BCUT2D eigenvalue weighted by Crippen LogP contribution is 2.31. The fourth-order valence-corrected chi connectivity index (χ4v) is 3.34. The van der Waals surface area contributed by atoms with Crippen LogP contribution in [0.4, 0.5) is 24.8 Å². The fraction of sp³-hybridized carbons (Fsp3) is 0.550. The van der Waals surface area contributed by atoms with Gasteiger partial charge >= 0.3 is 6.18 Å². The third-order valence-electron chi connectivity index (χ3n) is 5.18. The molecule has 0 aromatic carbocycles. The molecule has 10 nitrogen and oxygen atoms in total. The van der Waals surface area contributed by atoms with Crippen LogP contribution in [0, 0.1) is 0 Å². The molecule has 1 saturated heterocycles. The summed E-state index contributed by atoms with van der Waals surface area (Å²) in [5.41, 5.74) is -2.00. The van der Waals surface area contributed by atoms with Gasteiger partial charge in [0.1, 0.15) is 5.56 Å². The van der Waals surface area contributed by atoms with Crippen molar-refractivity contribution in [3.63, 3.8) is 0 Å². The van der Waals surface area contributed by atoms with Crippen LogP contribution in [0.5, 0.6) is 0 Å². The summed E-state index contributed by atoms with van der Waals surface area (Å²) in [6, 6.07) is 0. The quantitative estimate of drug-likeness (QED) is 0.528. The lowest BCUT2D eigenvalue weighted by atomic mass is 10.2. The largest absolute Gasteiger partial charge is 0.423 e. The molecule has 1 fully saturated rings. The number of nitrogens with one attached hydrogen (secondary N) is 2. The van der Waals surface area contributed by atoms with E-state index in [0.717, 1.165) is 18.2 Å². The summed E-state index contributed by atoms with van der Waals surface area (Å²) in [5.74, 6) is 0.599. The number of aromatic amines is 1. The first-order chi connectivity index (χ1) is 15.8. The van der Waals surface area contributed by atoms with Gasteiger partial charge in [0, 0.05) is 45.1 Å². The molecule has 3 rings (SSSR count). The molecule has 0 spiro atoms. The van der Waals surface area contributed by atoms with Crippen molar-refractivity contribution in [3.8, 4) is 0 Å². The van der Waals surface area contributed by atoms with Gasteiger partial charge in [-0.05, 0) is 12.0 Å². The third-order valence-corrected chi connectivity index (χ3v) is 5.18. The molecule has 33 heavy (non-hydrogen) atoms. The van der Waals surface area contributed by atoms with Gasteiger partial charge in [0.05, 0.1) is 31.5 Å². The average molecular weight is 469 g/mol. The number of piperazine rings is 1. The highest BCUT2D eigenvalue weighted by atomic mass is 19.4. The summed E-state index contributed by atoms with van der Waals surface area (Å²) in [6.07, 6.45) is 0.753. The topological polar surface area (TPSA) is 116 Å². The maximum Gasteiger partial charge on any atom is 0.423 e. The molecule has 180 valence electrons. The molecule has 0 saturated carbocycles. The van der Waals surface area contributed by atoms with Gasteiger partial charge in [-0.2, -0.15) is 18.3 Å². The summed E-state index contributed by atoms with van der Waals surface area (Å²) in [5, 5.41) is 7.65. The minimum Gasteiger partial charge on any atom is -0.381 e. The molecule has 13 heteroatoms. The zero-order valence-electron chi connectivity index (χ0n) is 18.2. The molecule has 1 aliphatic rings. The number of hydrogen-bond acceptors (Lipinski definition) is 8. The Kier molecular flexibility index (Phi) is 8.20. The van der Waals surface area contributed by atoms with Crippen LogP contribution in [0.15, 0.2) is 23.4 Å². The first-order valence-electron chi connectivity index (χ1n) is 10.6. The second-order valence-electron chi connectivity index (χ2n) is 7.39. The van der Waals surface area contributed by atoms with E-state index in [1.807, 2.05) is 24.2 Å². The van der Waals surface area contributed by atoms with Gasteiger partial charge in [-0.3, -0.25) is 9.59 Å². The van der Waals surface area contributed by atoms with Crippen molar-refractivity contribution in [3.05, 3.63) is 40.1 Å². The van der Waals surface area contributed by atoms with E-state index < -0.39 is 23.0 Å². The third kappa shape index (κ3) is 6.63. The predicted molar refractivity (Wildman–Crippen MR) is 114 cm³/mol. The fourth-order valence-electron chi connectivity index (χ4n) is 3.34. The number of alkyl halides is 3. The van der Waals surface area contributed by atoms with Gasteiger partial charge < -0.3 is 19.9 Å². The van der Waals surface area contributed by atoms with E-state index >= 15 is 0 Å². The van der Waals surface area contributed by atoms with E-state index in [0.29, 0.717) is 32.1 Å². The number of rotatable bonds is 9. The molecule has 2 aromatic heterocycles. The molecule has 1 amide bonds. The number of carbonyl (C=O) groups is 1. The van der Waals surface area contributed by atoms with Crippen molar-refractivity contribution < 1.29 is 22.7 Å². The van der Waals surface area contributed by atoms with Gasteiger partial charge in [0.2, 0.25) is 11.9 Å². The van der Waals surface area contributed by atoms with Crippen LogP contribution in [0.25, 0.3) is 0 Å². The average Bonchev–Trinajstić information content (AvgIpc) is 2.80. The zero-order chi connectivity index (χ0) is 23.8. The Morgan fingerprint density at radius 3 is 2.48 bits per heavy atom. The molecule has 0 radical (unpaired) electrons. The number of anilines is 2. The summed E-state index contributed by atoms with van der Waals surface area (Å²) in [6.45, 7) is 4.64. The lowest BCUT2D eigenvalue weighted by molar-refractivity contribution is -0.138. The van der Waals surface area contributed by atoms with Crippen molar-refractivity contribution in [1.29, 1.82) is 0 Å². The van der Waals surface area contributed by atoms with E-state index in [-0.39, 0.29) is 32.1 Å². The number of aromatic nitrogens is 4. The molecule has 0 aliphatic carbocycles. The molecular formula is C20H26F3N7O3. The Morgan fingerprint density at radius 2 is 1.85 bits per heavy atom. The van der Waals surface area contributed by atoms with Crippen LogP contribution < -0.4 is 15.8 Å². The van der Waals surface area contributed by atoms with Crippen LogP contribution in [0.3, 0.4) is 0 Å². The number of ether oxygens (including phenoxy) is 1. The van der Waals surface area contributed by atoms with Crippen molar-refractivity contribution in [2.75, 3.05) is 56.2 Å². The van der Waals surface area contributed by atoms with E-state index in [1.165, 1.54) is 0 Å². The van der Waals surface area contributed by atoms with Gasteiger partial charge in [0.15, 0.2) is 0 Å². The molecule has 1 aliphatic heterocycles. The predicted octanol–water partition coefficient (Wildman–Crippen LogP) is 1.31. The van der Waals surface area contributed by atoms with Crippen molar-refractivity contribution >= 4 is 17.5 Å². The Labute approximate surface area is 188 Å². The number of H-pyrrole nitrogens is 1. The lowest BCUT2D eigenvalue weighted by Gasteiger charge is -2.34. The summed E-state index contributed by atoms with van der Waals surface area (Å²) < 4.78 is 44.3. The van der Waals surface area contributed by atoms with Crippen LogP contribution >= 0.6 is 0 Å². The van der Waals surface area contributed by atoms with Crippen LogP contribution in [-0.2, 0) is 22.1 Å². The van der Waals surface area contributed by atoms with E-state index in [1.54, 1.807) is 10.00 Å². The highest BCUT2D eigenvalue weighted by Gasteiger charge is 2.37. The molecule has 2 N–H and O–H groups in total. The molecule has 0 atom stereocenters. The van der Waals surface area contributed by atoms with Gasteiger partial charge in [0.25, 0.3) is 5.56 Å². The van der Waals surface area contributed by atoms with E-state index in [4.69, 9.17) is 4.74 Å². The summed E-state index contributed by atoms with van der Waals surface area (Å²) in [7, 11) is 0.